The van der Waals surface area contributed by atoms with Crippen LogP contribution in [0, 0.1) is 16.0 Å². The maximum absolute atomic E-state index is 12.9. The standard InChI is InChI=1S/C28H30N4O5S/c1-20(2)17-37-25-14-8-21(9-15-25)16-29-31-28(34)26(19-38-18-22-6-4-3-5-7-22)30-27(33)23-10-12-24(13-11-23)32(35)36/h3-16,20,26H,17-19H2,1-2H3,(H,30,33)(H,31,34)/t26-/m0/s1. The molecule has 3 rings (SSSR count). The molecule has 3 aromatic rings. The predicted octanol–water partition coefficient (Wildman–Crippen LogP) is 4.81. The van der Waals surface area contributed by atoms with Crippen LogP contribution in [0.2, 0.25) is 0 Å². The summed E-state index contributed by atoms with van der Waals surface area (Å²) >= 11 is 1.49. The molecule has 2 N–H and O–H groups in total. The van der Waals surface area contributed by atoms with Gasteiger partial charge in [0.25, 0.3) is 17.5 Å². The molecule has 0 aliphatic heterocycles. The molecule has 0 aliphatic carbocycles. The molecular weight excluding hydrogens is 504 g/mol. The van der Waals surface area contributed by atoms with Gasteiger partial charge < -0.3 is 10.1 Å². The van der Waals surface area contributed by atoms with Gasteiger partial charge in [-0.15, -0.1) is 0 Å². The molecule has 0 aliphatic rings. The Hall–Kier alpha value is -4.18. The summed E-state index contributed by atoms with van der Waals surface area (Å²) in [5.41, 5.74) is 4.45. The Morgan fingerprint density at radius 1 is 1.03 bits per heavy atom. The van der Waals surface area contributed by atoms with Gasteiger partial charge in [-0.1, -0.05) is 44.2 Å². The fourth-order valence-electron chi connectivity index (χ4n) is 3.19. The molecule has 0 heterocycles. The van der Waals surface area contributed by atoms with E-state index in [4.69, 9.17) is 4.74 Å². The summed E-state index contributed by atoms with van der Waals surface area (Å²) in [6, 6.07) is 21.4. The predicted molar refractivity (Wildman–Crippen MR) is 149 cm³/mol. The molecule has 0 unspecified atom stereocenters. The highest BCUT2D eigenvalue weighted by Crippen LogP contribution is 2.15. The molecule has 38 heavy (non-hydrogen) atoms. The Labute approximate surface area is 225 Å². The Balaban J connectivity index is 1.62. The van der Waals surface area contributed by atoms with E-state index in [9.17, 15) is 19.7 Å². The van der Waals surface area contributed by atoms with E-state index < -0.39 is 22.8 Å². The summed E-state index contributed by atoms with van der Waals surface area (Å²) in [7, 11) is 0. The van der Waals surface area contributed by atoms with Crippen molar-refractivity contribution in [1.82, 2.24) is 10.7 Å². The third-order valence-electron chi connectivity index (χ3n) is 5.21. The van der Waals surface area contributed by atoms with Gasteiger partial charge in [0, 0.05) is 29.2 Å². The number of ether oxygens (including phenoxy) is 1. The van der Waals surface area contributed by atoms with Gasteiger partial charge in [0.1, 0.15) is 11.8 Å². The zero-order valence-corrected chi connectivity index (χ0v) is 22.0. The van der Waals surface area contributed by atoms with E-state index >= 15 is 0 Å². The Morgan fingerprint density at radius 2 is 1.71 bits per heavy atom. The Kier molecular flexibility index (Phi) is 10.9. The molecule has 198 valence electrons. The number of hydrogen-bond donors (Lipinski definition) is 2. The van der Waals surface area contributed by atoms with Crippen LogP contribution in [-0.4, -0.2) is 41.4 Å². The molecule has 0 radical (unpaired) electrons. The number of non-ortho nitro benzene ring substituents is 1. The third kappa shape index (κ3) is 9.36. The van der Waals surface area contributed by atoms with Gasteiger partial charge in [0.2, 0.25) is 0 Å². The topological polar surface area (TPSA) is 123 Å². The summed E-state index contributed by atoms with van der Waals surface area (Å²) in [6.07, 6.45) is 1.51. The number of carbonyl (C=O) groups is 2. The lowest BCUT2D eigenvalue weighted by Gasteiger charge is -2.17. The molecule has 0 saturated heterocycles. The number of carbonyl (C=O) groups excluding carboxylic acids is 2. The van der Waals surface area contributed by atoms with Crippen molar-refractivity contribution >= 4 is 35.5 Å². The molecule has 0 fully saturated rings. The first-order chi connectivity index (χ1) is 18.3. The second kappa shape index (κ2) is 14.5. The number of nitro groups is 1. The van der Waals surface area contributed by atoms with Gasteiger partial charge in [0.05, 0.1) is 17.7 Å². The van der Waals surface area contributed by atoms with E-state index in [0.29, 0.717) is 24.0 Å². The molecule has 10 heteroatoms. The largest absolute Gasteiger partial charge is 0.493 e. The van der Waals surface area contributed by atoms with E-state index in [1.165, 1.54) is 42.2 Å². The van der Waals surface area contributed by atoms with Gasteiger partial charge in [0.15, 0.2) is 0 Å². The maximum atomic E-state index is 12.9. The number of rotatable bonds is 13. The van der Waals surface area contributed by atoms with E-state index in [2.05, 4.69) is 29.7 Å². The third-order valence-corrected chi connectivity index (χ3v) is 6.32. The number of amides is 2. The number of nitrogens with zero attached hydrogens (tertiary/aromatic N) is 2. The van der Waals surface area contributed by atoms with Crippen molar-refractivity contribution in [2.45, 2.75) is 25.6 Å². The number of nitrogens with one attached hydrogen (secondary N) is 2. The van der Waals surface area contributed by atoms with Crippen molar-refractivity contribution in [3.63, 3.8) is 0 Å². The lowest BCUT2D eigenvalue weighted by atomic mass is 10.2. The summed E-state index contributed by atoms with van der Waals surface area (Å²) < 4.78 is 5.67. The number of hydrazone groups is 1. The number of nitro benzene ring substituents is 1. The van der Waals surface area contributed by atoms with E-state index in [0.717, 1.165) is 16.9 Å². The molecular formula is C28H30N4O5S. The highest BCUT2D eigenvalue weighted by molar-refractivity contribution is 7.98. The maximum Gasteiger partial charge on any atom is 0.269 e. The minimum atomic E-state index is -0.879. The molecule has 1 atom stereocenters. The van der Waals surface area contributed by atoms with Crippen LogP contribution < -0.4 is 15.5 Å². The second-order valence-electron chi connectivity index (χ2n) is 8.84. The van der Waals surface area contributed by atoms with Crippen LogP contribution in [0.5, 0.6) is 5.75 Å². The van der Waals surface area contributed by atoms with Crippen LogP contribution in [0.15, 0.2) is 84.0 Å². The van der Waals surface area contributed by atoms with Gasteiger partial charge in [-0.05, 0) is 53.4 Å². The van der Waals surface area contributed by atoms with Crippen molar-refractivity contribution in [1.29, 1.82) is 0 Å². The Morgan fingerprint density at radius 3 is 2.34 bits per heavy atom. The van der Waals surface area contributed by atoms with Crippen molar-refractivity contribution < 1.29 is 19.2 Å². The molecule has 3 aromatic carbocycles. The summed E-state index contributed by atoms with van der Waals surface area (Å²) in [5.74, 6) is 1.15. The van der Waals surface area contributed by atoms with Crippen LogP contribution >= 0.6 is 11.8 Å². The number of thioether (sulfide) groups is 1. The van der Waals surface area contributed by atoms with Gasteiger partial charge in [-0.2, -0.15) is 16.9 Å². The highest BCUT2D eigenvalue weighted by atomic mass is 32.2. The lowest BCUT2D eigenvalue weighted by Crippen LogP contribution is -2.47. The SMILES string of the molecule is CC(C)COc1ccc(C=NNC(=O)[C@H](CSCc2ccccc2)NC(=O)c2ccc([N+](=O)[O-])cc2)cc1. The highest BCUT2D eigenvalue weighted by Gasteiger charge is 2.22. The fraction of sp³-hybridized carbons (Fsp3) is 0.250. The quantitative estimate of drug-likeness (QED) is 0.184. The van der Waals surface area contributed by atoms with E-state index in [1.54, 1.807) is 0 Å². The van der Waals surface area contributed by atoms with Crippen LogP contribution in [0.3, 0.4) is 0 Å². The van der Waals surface area contributed by atoms with E-state index in [1.807, 2.05) is 54.6 Å². The molecule has 0 saturated carbocycles. The van der Waals surface area contributed by atoms with Crippen LogP contribution in [0.1, 0.15) is 35.3 Å². The first-order valence-electron chi connectivity index (χ1n) is 12.0. The smallest absolute Gasteiger partial charge is 0.269 e. The molecule has 9 nitrogen and oxygen atoms in total. The van der Waals surface area contributed by atoms with Crippen molar-refractivity contribution in [2.75, 3.05) is 12.4 Å². The second-order valence-corrected chi connectivity index (χ2v) is 9.87. The Bertz CT molecular complexity index is 1230. The van der Waals surface area contributed by atoms with Gasteiger partial charge >= 0.3 is 0 Å². The lowest BCUT2D eigenvalue weighted by molar-refractivity contribution is -0.384. The first kappa shape index (κ1) is 28.4. The van der Waals surface area contributed by atoms with Crippen LogP contribution in [-0.2, 0) is 10.5 Å². The zero-order chi connectivity index (χ0) is 27.3. The summed E-state index contributed by atoms with van der Waals surface area (Å²) in [5, 5.41) is 17.6. The molecule has 0 spiro atoms. The molecule has 0 aromatic heterocycles. The average molecular weight is 535 g/mol. The normalized spacial score (nSPS) is 11.8. The number of hydrogen-bond acceptors (Lipinski definition) is 7. The first-order valence-corrected chi connectivity index (χ1v) is 13.2. The van der Waals surface area contributed by atoms with Crippen molar-refractivity contribution in [2.24, 2.45) is 11.0 Å². The fourth-order valence-corrected chi connectivity index (χ4v) is 4.21. The van der Waals surface area contributed by atoms with Crippen LogP contribution in [0.25, 0.3) is 0 Å². The summed E-state index contributed by atoms with van der Waals surface area (Å²) in [4.78, 5) is 36.1. The molecule has 2 amide bonds. The average Bonchev–Trinajstić information content (AvgIpc) is 2.92. The van der Waals surface area contributed by atoms with Gasteiger partial charge in [-0.3, -0.25) is 19.7 Å². The minimum Gasteiger partial charge on any atom is -0.493 e. The van der Waals surface area contributed by atoms with Gasteiger partial charge in [-0.25, -0.2) is 5.43 Å². The van der Waals surface area contributed by atoms with Crippen molar-refractivity contribution in [3.8, 4) is 5.75 Å². The van der Waals surface area contributed by atoms with Crippen molar-refractivity contribution in [3.05, 3.63) is 106 Å². The monoisotopic (exact) mass is 534 g/mol. The summed E-state index contributed by atoms with van der Waals surface area (Å²) in [6.45, 7) is 4.77. The van der Waals surface area contributed by atoms with Crippen LogP contribution in [0.4, 0.5) is 5.69 Å². The molecule has 0 bridgehead atoms. The minimum absolute atomic E-state index is 0.122. The zero-order valence-electron chi connectivity index (χ0n) is 21.2. The van der Waals surface area contributed by atoms with E-state index in [-0.39, 0.29) is 11.3 Å². The number of benzene rings is 3.